The van der Waals surface area contributed by atoms with Gasteiger partial charge in [-0.3, -0.25) is 5.32 Å². The van der Waals surface area contributed by atoms with Gasteiger partial charge in [-0.1, -0.05) is 23.8 Å². The van der Waals surface area contributed by atoms with Crippen molar-refractivity contribution in [1.82, 2.24) is 16.0 Å². The van der Waals surface area contributed by atoms with Gasteiger partial charge in [0, 0.05) is 23.2 Å². The van der Waals surface area contributed by atoms with Crippen LogP contribution in [0.3, 0.4) is 0 Å². The average molecular weight is 341 g/mol. The van der Waals surface area contributed by atoms with E-state index in [1.54, 1.807) is 0 Å². The first-order valence-electron chi connectivity index (χ1n) is 8.40. The summed E-state index contributed by atoms with van der Waals surface area (Å²) in [6.07, 6.45) is 11.2. The zero-order valence-electron chi connectivity index (χ0n) is 12.7. The summed E-state index contributed by atoms with van der Waals surface area (Å²) >= 11 is 8.09. The third-order valence-corrected chi connectivity index (χ3v) is 7.03. The molecule has 7 unspecified atom stereocenters. The predicted octanol–water partition coefficient (Wildman–Crippen LogP) is 1.69. The van der Waals surface area contributed by atoms with Crippen molar-refractivity contribution in [3.05, 3.63) is 23.3 Å². The molecular formula is C16H25ClN4S. The summed E-state index contributed by atoms with van der Waals surface area (Å²) in [5.74, 6) is 1.22. The van der Waals surface area contributed by atoms with E-state index >= 15 is 0 Å². The molecule has 122 valence electrons. The SMILES string of the molecule is NC1NC2CCC(C3CCNC3C3C=CC=C(Cl)C3)NC2S1. The van der Waals surface area contributed by atoms with Gasteiger partial charge in [-0.25, -0.2) is 0 Å². The highest BCUT2D eigenvalue weighted by atomic mass is 35.5. The number of piperidine rings is 1. The Morgan fingerprint density at radius 3 is 2.91 bits per heavy atom. The number of fused-ring (bicyclic) bond motifs is 1. The number of allylic oxidation sites excluding steroid dienone is 3. The van der Waals surface area contributed by atoms with Gasteiger partial charge in [-0.05, 0) is 50.1 Å². The van der Waals surface area contributed by atoms with Gasteiger partial charge < -0.3 is 16.4 Å². The van der Waals surface area contributed by atoms with E-state index in [9.17, 15) is 0 Å². The topological polar surface area (TPSA) is 62.1 Å². The van der Waals surface area contributed by atoms with Crippen LogP contribution >= 0.6 is 23.4 Å². The smallest absolute Gasteiger partial charge is 0.105 e. The molecule has 6 heteroatoms. The fourth-order valence-electron chi connectivity index (χ4n) is 4.55. The van der Waals surface area contributed by atoms with Crippen LogP contribution in [0.4, 0.5) is 0 Å². The first-order chi connectivity index (χ1) is 10.7. The Morgan fingerprint density at radius 1 is 1.18 bits per heavy atom. The Balaban J connectivity index is 1.43. The van der Waals surface area contributed by atoms with Gasteiger partial charge in [0.1, 0.15) is 5.50 Å². The van der Waals surface area contributed by atoms with E-state index in [1.165, 1.54) is 19.3 Å². The van der Waals surface area contributed by atoms with Crippen LogP contribution in [0.2, 0.25) is 0 Å². The fourth-order valence-corrected chi connectivity index (χ4v) is 6.03. The molecule has 4 rings (SSSR count). The van der Waals surface area contributed by atoms with Crippen molar-refractivity contribution in [3.63, 3.8) is 0 Å². The minimum Gasteiger partial charge on any atom is -0.313 e. The van der Waals surface area contributed by atoms with E-state index in [2.05, 4.69) is 28.1 Å². The molecule has 3 saturated heterocycles. The molecule has 0 aromatic rings. The van der Waals surface area contributed by atoms with Gasteiger partial charge in [-0.15, -0.1) is 11.8 Å². The van der Waals surface area contributed by atoms with E-state index in [4.69, 9.17) is 17.3 Å². The van der Waals surface area contributed by atoms with Gasteiger partial charge in [0.05, 0.1) is 5.37 Å². The summed E-state index contributed by atoms with van der Waals surface area (Å²) in [4.78, 5) is 0. The maximum absolute atomic E-state index is 6.25. The lowest BCUT2D eigenvalue weighted by atomic mass is 9.79. The summed E-state index contributed by atoms with van der Waals surface area (Å²) in [6.45, 7) is 1.12. The first-order valence-corrected chi connectivity index (χ1v) is 9.72. The highest BCUT2D eigenvalue weighted by molar-refractivity contribution is 8.00. The summed E-state index contributed by atoms with van der Waals surface area (Å²) in [5.41, 5.74) is 6.11. The average Bonchev–Trinajstić information content (AvgIpc) is 3.11. The van der Waals surface area contributed by atoms with E-state index in [1.807, 2.05) is 17.8 Å². The quantitative estimate of drug-likeness (QED) is 0.616. The zero-order chi connectivity index (χ0) is 15.1. The molecule has 4 nitrogen and oxygen atoms in total. The zero-order valence-corrected chi connectivity index (χ0v) is 14.2. The number of thioether (sulfide) groups is 1. The predicted molar refractivity (Wildman–Crippen MR) is 93.5 cm³/mol. The molecular weight excluding hydrogens is 316 g/mol. The third kappa shape index (κ3) is 2.99. The molecule has 3 heterocycles. The molecule has 5 N–H and O–H groups in total. The second-order valence-corrected chi connectivity index (χ2v) is 8.67. The Morgan fingerprint density at radius 2 is 2.05 bits per heavy atom. The number of nitrogens with one attached hydrogen (secondary N) is 3. The Bertz CT molecular complexity index is 483. The van der Waals surface area contributed by atoms with Crippen LogP contribution in [-0.2, 0) is 0 Å². The lowest BCUT2D eigenvalue weighted by Gasteiger charge is -2.39. The molecule has 0 amide bonds. The molecule has 3 aliphatic heterocycles. The van der Waals surface area contributed by atoms with E-state index in [0.29, 0.717) is 35.3 Å². The normalized spacial score (nSPS) is 48.3. The van der Waals surface area contributed by atoms with Crippen LogP contribution in [0.15, 0.2) is 23.3 Å². The standard InChI is InChI=1S/C16H25ClN4S/c17-10-3-1-2-9(8-10)14-11(6-7-19-14)12-4-5-13-15(20-12)22-16(18)21-13/h1-3,9,11-16,19-21H,4-8,18H2. The van der Waals surface area contributed by atoms with Crippen molar-refractivity contribution in [2.45, 2.75) is 54.7 Å². The number of hydrogen-bond acceptors (Lipinski definition) is 5. The van der Waals surface area contributed by atoms with Gasteiger partial charge in [-0.2, -0.15) is 0 Å². The highest BCUT2D eigenvalue weighted by Gasteiger charge is 2.43. The minimum absolute atomic E-state index is 0.0870. The van der Waals surface area contributed by atoms with Crippen molar-refractivity contribution < 1.29 is 0 Å². The lowest BCUT2D eigenvalue weighted by Crippen LogP contribution is -2.55. The van der Waals surface area contributed by atoms with Crippen LogP contribution in [-0.4, -0.2) is 35.5 Å². The number of hydrogen-bond donors (Lipinski definition) is 4. The number of halogens is 1. The molecule has 0 aromatic carbocycles. The van der Waals surface area contributed by atoms with Gasteiger partial charge in [0.2, 0.25) is 0 Å². The molecule has 0 saturated carbocycles. The van der Waals surface area contributed by atoms with Crippen molar-refractivity contribution >= 4 is 23.4 Å². The van der Waals surface area contributed by atoms with E-state index < -0.39 is 0 Å². The number of nitrogens with two attached hydrogens (primary N) is 1. The van der Waals surface area contributed by atoms with Crippen LogP contribution in [0.5, 0.6) is 0 Å². The van der Waals surface area contributed by atoms with Crippen LogP contribution in [0, 0.1) is 11.8 Å². The van der Waals surface area contributed by atoms with Crippen molar-refractivity contribution in [1.29, 1.82) is 0 Å². The van der Waals surface area contributed by atoms with Crippen molar-refractivity contribution in [2.24, 2.45) is 17.6 Å². The van der Waals surface area contributed by atoms with Gasteiger partial charge >= 0.3 is 0 Å². The van der Waals surface area contributed by atoms with Crippen LogP contribution in [0.25, 0.3) is 0 Å². The van der Waals surface area contributed by atoms with Gasteiger partial charge in [0.15, 0.2) is 0 Å². The second-order valence-electron chi connectivity index (χ2n) is 6.90. The van der Waals surface area contributed by atoms with Crippen LogP contribution in [0.1, 0.15) is 25.7 Å². The maximum atomic E-state index is 6.25. The second kappa shape index (κ2) is 6.46. The molecule has 0 radical (unpaired) electrons. The molecule has 1 aliphatic carbocycles. The Hall–Kier alpha value is -0.0400. The summed E-state index contributed by atoms with van der Waals surface area (Å²) in [6, 6.07) is 1.68. The third-order valence-electron chi connectivity index (χ3n) is 5.57. The molecule has 0 bridgehead atoms. The van der Waals surface area contributed by atoms with Crippen LogP contribution < -0.4 is 21.7 Å². The monoisotopic (exact) mass is 340 g/mol. The molecule has 22 heavy (non-hydrogen) atoms. The minimum atomic E-state index is 0.0870. The molecule has 3 fully saturated rings. The number of rotatable bonds is 2. The molecule has 0 aromatic heterocycles. The van der Waals surface area contributed by atoms with E-state index in [-0.39, 0.29) is 5.50 Å². The Labute approximate surface area is 141 Å². The maximum Gasteiger partial charge on any atom is 0.105 e. The highest BCUT2D eigenvalue weighted by Crippen LogP contribution is 2.37. The summed E-state index contributed by atoms with van der Waals surface area (Å²) in [5, 5.41) is 12.5. The molecule has 7 atom stereocenters. The molecule has 4 aliphatic rings. The molecule has 0 spiro atoms. The van der Waals surface area contributed by atoms with Crippen molar-refractivity contribution in [2.75, 3.05) is 6.54 Å². The Kier molecular flexibility index (Phi) is 4.55. The summed E-state index contributed by atoms with van der Waals surface area (Å²) < 4.78 is 0. The van der Waals surface area contributed by atoms with Crippen molar-refractivity contribution in [3.8, 4) is 0 Å². The van der Waals surface area contributed by atoms with Gasteiger partial charge in [0.25, 0.3) is 0 Å². The first kappa shape index (κ1) is 15.5. The van der Waals surface area contributed by atoms with E-state index in [0.717, 1.165) is 18.0 Å². The summed E-state index contributed by atoms with van der Waals surface area (Å²) in [7, 11) is 0. The fraction of sp³-hybridized carbons (Fsp3) is 0.750. The largest absolute Gasteiger partial charge is 0.313 e. The lowest BCUT2D eigenvalue weighted by molar-refractivity contribution is 0.218.